The molecule has 5 nitrogen and oxygen atoms in total. The minimum absolute atomic E-state index is 0.0504. The van der Waals surface area contributed by atoms with Gasteiger partial charge in [0, 0.05) is 25.2 Å². The van der Waals surface area contributed by atoms with Crippen molar-refractivity contribution >= 4 is 6.03 Å². The molecule has 1 heterocycles. The predicted octanol–water partition coefficient (Wildman–Crippen LogP) is 2.90. The monoisotopic (exact) mass is 332 g/mol. The van der Waals surface area contributed by atoms with Crippen LogP contribution in [0.5, 0.6) is 5.75 Å². The maximum atomic E-state index is 12.4. The van der Waals surface area contributed by atoms with Crippen LogP contribution in [0, 0.1) is 0 Å². The summed E-state index contributed by atoms with van der Waals surface area (Å²) in [4.78, 5) is 13.7. The first-order valence-electron chi connectivity index (χ1n) is 7.26. The highest BCUT2D eigenvalue weighted by atomic mass is 19.4. The zero-order chi connectivity index (χ0) is 17.0. The van der Waals surface area contributed by atoms with Crippen molar-refractivity contribution in [2.24, 2.45) is 0 Å². The van der Waals surface area contributed by atoms with Crippen LogP contribution < -0.4 is 10.1 Å². The highest BCUT2D eigenvalue weighted by molar-refractivity contribution is 5.74. The Labute approximate surface area is 132 Å². The number of carbonyl (C=O) groups is 1. The van der Waals surface area contributed by atoms with Crippen LogP contribution in [0.25, 0.3) is 0 Å². The summed E-state index contributed by atoms with van der Waals surface area (Å²) in [6.45, 7) is 4.56. The van der Waals surface area contributed by atoms with Gasteiger partial charge in [-0.25, -0.2) is 4.79 Å². The number of halogens is 3. The Morgan fingerprint density at radius 3 is 2.52 bits per heavy atom. The zero-order valence-corrected chi connectivity index (χ0v) is 12.9. The molecule has 0 bridgehead atoms. The summed E-state index contributed by atoms with van der Waals surface area (Å²) in [7, 11) is 0. The van der Waals surface area contributed by atoms with Gasteiger partial charge in [-0.1, -0.05) is 18.2 Å². The summed E-state index contributed by atoms with van der Waals surface area (Å²) in [5.74, 6) is -0.316. The number of amides is 2. The minimum Gasteiger partial charge on any atom is -0.405 e. The van der Waals surface area contributed by atoms with Crippen LogP contribution in [0.4, 0.5) is 18.0 Å². The zero-order valence-electron chi connectivity index (χ0n) is 12.9. The molecule has 1 fully saturated rings. The summed E-state index contributed by atoms with van der Waals surface area (Å²) >= 11 is 0. The molecule has 1 aromatic rings. The largest absolute Gasteiger partial charge is 0.573 e. The van der Waals surface area contributed by atoms with Crippen molar-refractivity contribution in [2.45, 2.75) is 39.0 Å². The van der Waals surface area contributed by atoms with Crippen LogP contribution in [0.2, 0.25) is 0 Å². The molecule has 0 aromatic heterocycles. The normalized spacial score (nSPS) is 21.9. The summed E-state index contributed by atoms with van der Waals surface area (Å²) in [6.07, 6.45) is -4.93. The van der Waals surface area contributed by atoms with Crippen molar-refractivity contribution in [3.8, 4) is 5.75 Å². The van der Waals surface area contributed by atoms with Gasteiger partial charge in [0.05, 0.1) is 12.2 Å². The number of morpholine rings is 1. The molecule has 2 amide bonds. The lowest BCUT2D eigenvalue weighted by Crippen LogP contribution is -2.51. The molecular formula is C15H19F3N2O3. The number of alkyl halides is 3. The first-order chi connectivity index (χ1) is 10.7. The number of ether oxygens (including phenoxy) is 2. The van der Waals surface area contributed by atoms with E-state index in [1.165, 1.54) is 18.2 Å². The number of rotatable bonds is 3. The van der Waals surface area contributed by atoms with E-state index >= 15 is 0 Å². The molecule has 8 heteroatoms. The lowest BCUT2D eigenvalue weighted by Gasteiger charge is -2.35. The van der Waals surface area contributed by atoms with Gasteiger partial charge in [-0.15, -0.1) is 13.2 Å². The van der Waals surface area contributed by atoms with Crippen LogP contribution in [-0.4, -0.2) is 42.6 Å². The van der Waals surface area contributed by atoms with Gasteiger partial charge in [0.1, 0.15) is 5.75 Å². The number of hydrogen-bond donors (Lipinski definition) is 1. The van der Waals surface area contributed by atoms with E-state index in [0.717, 1.165) is 0 Å². The second-order valence-electron chi connectivity index (χ2n) is 5.48. The van der Waals surface area contributed by atoms with Gasteiger partial charge in [-0.05, 0) is 19.9 Å². The number of benzene rings is 1. The molecule has 0 saturated carbocycles. The Balaban J connectivity index is 1.96. The van der Waals surface area contributed by atoms with Gasteiger partial charge in [-0.3, -0.25) is 0 Å². The van der Waals surface area contributed by atoms with Crippen LogP contribution in [0.1, 0.15) is 19.4 Å². The molecule has 2 rings (SSSR count). The van der Waals surface area contributed by atoms with E-state index in [9.17, 15) is 18.0 Å². The van der Waals surface area contributed by atoms with E-state index in [2.05, 4.69) is 10.1 Å². The average Bonchev–Trinajstić information content (AvgIpc) is 2.43. The molecule has 1 N–H and O–H groups in total. The summed E-state index contributed by atoms with van der Waals surface area (Å²) in [5, 5.41) is 2.62. The quantitative estimate of drug-likeness (QED) is 0.926. The molecule has 0 radical (unpaired) electrons. The Kier molecular flexibility index (Phi) is 5.35. The highest BCUT2D eigenvalue weighted by Gasteiger charge is 2.32. The lowest BCUT2D eigenvalue weighted by atomic mass is 10.2. The van der Waals surface area contributed by atoms with E-state index in [1.54, 1.807) is 11.0 Å². The number of nitrogens with one attached hydrogen (secondary N) is 1. The Morgan fingerprint density at radius 2 is 1.91 bits per heavy atom. The van der Waals surface area contributed by atoms with Crippen molar-refractivity contribution in [3.63, 3.8) is 0 Å². The van der Waals surface area contributed by atoms with E-state index in [1.807, 2.05) is 13.8 Å². The van der Waals surface area contributed by atoms with Crippen LogP contribution in [0.15, 0.2) is 24.3 Å². The Morgan fingerprint density at radius 1 is 1.30 bits per heavy atom. The molecule has 1 saturated heterocycles. The maximum Gasteiger partial charge on any atom is 0.573 e. The fourth-order valence-electron chi connectivity index (χ4n) is 2.50. The topological polar surface area (TPSA) is 50.8 Å². The van der Waals surface area contributed by atoms with Gasteiger partial charge in [0.25, 0.3) is 0 Å². The molecule has 1 aromatic carbocycles. The molecule has 2 unspecified atom stereocenters. The first-order valence-corrected chi connectivity index (χ1v) is 7.26. The summed E-state index contributed by atoms with van der Waals surface area (Å²) < 4.78 is 46.6. The number of nitrogens with zero attached hydrogens (tertiary/aromatic N) is 1. The standard InChI is InChI=1S/C15H19F3N2O3/c1-10-8-20(9-11(2)22-10)14(21)19-7-12-5-3-4-6-13(12)23-15(16,17)18/h3-6,10-11H,7-9H2,1-2H3,(H,19,21). The van der Waals surface area contributed by atoms with E-state index < -0.39 is 6.36 Å². The Bertz CT molecular complexity index is 541. The third-order valence-corrected chi connectivity index (χ3v) is 3.34. The maximum absolute atomic E-state index is 12.4. The van der Waals surface area contributed by atoms with Crippen molar-refractivity contribution in [1.82, 2.24) is 10.2 Å². The van der Waals surface area contributed by atoms with E-state index in [4.69, 9.17) is 4.74 Å². The van der Waals surface area contributed by atoms with Gasteiger partial charge < -0.3 is 19.7 Å². The van der Waals surface area contributed by atoms with Crippen LogP contribution in [0.3, 0.4) is 0 Å². The molecule has 1 aliphatic rings. The number of carbonyl (C=O) groups excluding carboxylic acids is 1. The summed E-state index contributed by atoms with van der Waals surface area (Å²) in [6, 6.07) is 5.38. The third kappa shape index (κ3) is 5.31. The SMILES string of the molecule is CC1CN(C(=O)NCc2ccccc2OC(F)(F)F)CC(C)O1. The predicted molar refractivity (Wildman–Crippen MR) is 76.9 cm³/mol. The van der Waals surface area contributed by atoms with E-state index in [0.29, 0.717) is 13.1 Å². The number of hydrogen-bond acceptors (Lipinski definition) is 3. The second kappa shape index (κ2) is 7.08. The van der Waals surface area contributed by atoms with Gasteiger partial charge in [-0.2, -0.15) is 0 Å². The van der Waals surface area contributed by atoms with Crippen LogP contribution >= 0.6 is 0 Å². The number of para-hydroxylation sites is 1. The Hall–Kier alpha value is -1.96. The van der Waals surface area contributed by atoms with Crippen LogP contribution in [-0.2, 0) is 11.3 Å². The second-order valence-corrected chi connectivity index (χ2v) is 5.48. The van der Waals surface area contributed by atoms with Crippen molar-refractivity contribution in [2.75, 3.05) is 13.1 Å². The highest BCUT2D eigenvalue weighted by Crippen LogP contribution is 2.26. The smallest absolute Gasteiger partial charge is 0.405 e. The fraction of sp³-hybridized carbons (Fsp3) is 0.533. The molecule has 1 aliphatic heterocycles. The fourth-order valence-corrected chi connectivity index (χ4v) is 2.50. The lowest BCUT2D eigenvalue weighted by molar-refractivity contribution is -0.274. The number of urea groups is 1. The molecule has 0 spiro atoms. The molecular weight excluding hydrogens is 313 g/mol. The van der Waals surface area contributed by atoms with Gasteiger partial charge >= 0.3 is 12.4 Å². The first kappa shape index (κ1) is 17.4. The average molecular weight is 332 g/mol. The molecule has 0 aliphatic carbocycles. The molecule has 23 heavy (non-hydrogen) atoms. The van der Waals surface area contributed by atoms with Crippen molar-refractivity contribution in [1.29, 1.82) is 0 Å². The van der Waals surface area contributed by atoms with Gasteiger partial charge in [0.2, 0.25) is 0 Å². The third-order valence-electron chi connectivity index (χ3n) is 3.34. The van der Waals surface area contributed by atoms with Gasteiger partial charge in [0.15, 0.2) is 0 Å². The molecule has 128 valence electrons. The van der Waals surface area contributed by atoms with Crippen molar-refractivity contribution < 1.29 is 27.4 Å². The summed E-state index contributed by atoms with van der Waals surface area (Å²) in [5.41, 5.74) is 0.257. The minimum atomic E-state index is -4.77. The van der Waals surface area contributed by atoms with Crippen molar-refractivity contribution in [3.05, 3.63) is 29.8 Å². The van der Waals surface area contributed by atoms with E-state index in [-0.39, 0.29) is 36.1 Å². The molecule has 2 atom stereocenters.